The predicted molar refractivity (Wildman–Crippen MR) is 152 cm³/mol. The van der Waals surface area contributed by atoms with Gasteiger partial charge in [0.15, 0.2) is 0 Å². The number of thiophene rings is 1. The van der Waals surface area contributed by atoms with Crippen molar-refractivity contribution in [3.8, 4) is 16.2 Å². The minimum atomic E-state index is 0.925. The van der Waals surface area contributed by atoms with Gasteiger partial charge in [0.2, 0.25) is 0 Å². The number of likely N-dealkylation sites (tertiary alicyclic amines) is 2. The molecule has 6 rings (SSSR count). The van der Waals surface area contributed by atoms with Crippen molar-refractivity contribution in [2.24, 2.45) is 0 Å². The SMILES string of the molecule is COc1ccc2c(Cc3ccc(CN4CCCC4)cc3)c(-c3ccc(CN4CCCC4)cc3)sc2c1. The van der Waals surface area contributed by atoms with Crippen molar-refractivity contribution in [2.75, 3.05) is 33.3 Å². The van der Waals surface area contributed by atoms with Gasteiger partial charge >= 0.3 is 0 Å². The highest BCUT2D eigenvalue weighted by Crippen LogP contribution is 2.41. The summed E-state index contributed by atoms with van der Waals surface area (Å²) in [5, 5.41) is 1.35. The topological polar surface area (TPSA) is 15.7 Å². The van der Waals surface area contributed by atoms with E-state index in [4.69, 9.17) is 4.74 Å². The van der Waals surface area contributed by atoms with E-state index in [2.05, 4.69) is 76.5 Å². The molecule has 0 spiro atoms. The summed E-state index contributed by atoms with van der Waals surface area (Å²) in [7, 11) is 1.75. The number of hydrogen-bond acceptors (Lipinski definition) is 4. The third-order valence-electron chi connectivity index (χ3n) is 7.83. The van der Waals surface area contributed by atoms with Crippen LogP contribution in [-0.4, -0.2) is 43.1 Å². The van der Waals surface area contributed by atoms with Crippen LogP contribution in [0.1, 0.15) is 47.9 Å². The summed E-state index contributed by atoms with van der Waals surface area (Å²) in [4.78, 5) is 6.52. The van der Waals surface area contributed by atoms with Crippen LogP contribution < -0.4 is 4.74 Å². The highest BCUT2D eigenvalue weighted by Gasteiger charge is 2.17. The number of methoxy groups -OCH3 is 1. The monoisotopic (exact) mass is 496 g/mol. The number of benzene rings is 3. The molecule has 0 saturated carbocycles. The number of fused-ring (bicyclic) bond motifs is 1. The van der Waals surface area contributed by atoms with E-state index in [0.717, 1.165) is 25.3 Å². The Kier molecular flexibility index (Phi) is 7.09. The summed E-state index contributed by atoms with van der Waals surface area (Å²) in [6.07, 6.45) is 6.31. The molecular formula is C32H36N2OS. The molecule has 0 unspecified atom stereocenters. The first-order valence-electron chi connectivity index (χ1n) is 13.5. The van der Waals surface area contributed by atoms with E-state index in [1.165, 1.54) is 94.6 Å². The van der Waals surface area contributed by atoms with Gasteiger partial charge in [0.1, 0.15) is 5.75 Å². The van der Waals surface area contributed by atoms with Crippen molar-refractivity contribution in [2.45, 2.75) is 45.2 Å². The highest BCUT2D eigenvalue weighted by atomic mass is 32.1. The normalized spacial score (nSPS) is 16.8. The molecule has 3 heterocycles. The van der Waals surface area contributed by atoms with Gasteiger partial charge in [-0.2, -0.15) is 0 Å². The third kappa shape index (κ3) is 5.22. The van der Waals surface area contributed by atoms with Crippen LogP contribution in [0.15, 0.2) is 66.7 Å². The average Bonchev–Trinajstić information content (AvgIpc) is 3.68. The molecule has 186 valence electrons. The van der Waals surface area contributed by atoms with Crippen LogP contribution in [0.3, 0.4) is 0 Å². The Hall–Kier alpha value is -2.66. The minimum absolute atomic E-state index is 0.925. The standard InChI is InChI=1S/C32H36N2OS/c1-35-28-14-15-29-30(20-24-6-8-25(9-7-24)22-33-16-2-3-17-33)32(36-31(29)21-28)27-12-10-26(11-13-27)23-34-18-4-5-19-34/h6-15,21H,2-5,16-20,22-23H2,1H3. The molecule has 0 radical (unpaired) electrons. The van der Waals surface area contributed by atoms with E-state index in [0.29, 0.717) is 0 Å². The molecule has 0 aliphatic carbocycles. The summed E-state index contributed by atoms with van der Waals surface area (Å²) in [6, 6.07) is 25.2. The third-order valence-corrected chi connectivity index (χ3v) is 9.07. The fourth-order valence-electron chi connectivity index (χ4n) is 5.79. The first-order chi connectivity index (χ1) is 17.7. The predicted octanol–water partition coefficient (Wildman–Crippen LogP) is 7.36. The van der Waals surface area contributed by atoms with Gasteiger partial charge in [-0.05, 0) is 110 Å². The minimum Gasteiger partial charge on any atom is -0.497 e. The van der Waals surface area contributed by atoms with E-state index in [1.54, 1.807) is 7.11 Å². The van der Waals surface area contributed by atoms with E-state index in [9.17, 15) is 0 Å². The van der Waals surface area contributed by atoms with Crippen LogP contribution in [0.2, 0.25) is 0 Å². The van der Waals surface area contributed by atoms with Gasteiger partial charge in [-0.3, -0.25) is 9.80 Å². The Morgan fingerprint density at radius 2 is 1.25 bits per heavy atom. The van der Waals surface area contributed by atoms with Gasteiger partial charge in [-0.1, -0.05) is 48.5 Å². The van der Waals surface area contributed by atoms with Gasteiger partial charge in [0.25, 0.3) is 0 Å². The molecule has 2 aliphatic heterocycles. The smallest absolute Gasteiger partial charge is 0.120 e. The molecule has 1 aromatic heterocycles. The van der Waals surface area contributed by atoms with Crippen LogP contribution in [0.4, 0.5) is 0 Å². The van der Waals surface area contributed by atoms with Gasteiger partial charge in [0.05, 0.1) is 7.11 Å². The molecule has 2 saturated heterocycles. The Morgan fingerprint density at radius 3 is 1.83 bits per heavy atom. The summed E-state index contributed by atoms with van der Waals surface area (Å²) < 4.78 is 6.84. The van der Waals surface area contributed by atoms with Crippen molar-refractivity contribution >= 4 is 21.4 Å². The molecule has 2 aliphatic rings. The maximum atomic E-state index is 5.54. The lowest BCUT2D eigenvalue weighted by molar-refractivity contribution is 0.331. The quantitative estimate of drug-likeness (QED) is 0.253. The van der Waals surface area contributed by atoms with Crippen LogP contribution in [0, 0.1) is 0 Å². The fraction of sp³-hybridized carbons (Fsp3) is 0.375. The van der Waals surface area contributed by atoms with Gasteiger partial charge in [-0.15, -0.1) is 11.3 Å². The fourth-order valence-corrected chi connectivity index (χ4v) is 7.05. The maximum absolute atomic E-state index is 5.54. The lowest BCUT2D eigenvalue weighted by Gasteiger charge is -2.15. The van der Waals surface area contributed by atoms with Crippen molar-refractivity contribution in [1.29, 1.82) is 0 Å². The second-order valence-corrected chi connectivity index (χ2v) is 11.5. The first-order valence-corrected chi connectivity index (χ1v) is 14.3. The number of ether oxygens (including phenoxy) is 1. The van der Waals surface area contributed by atoms with Gasteiger partial charge in [0, 0.05) is 22.7 Å². The Morgan fingerprint density at radius 1 is 0.694 bits per heavy atom. The molecule has 4 aromatic rings. The number of nitrogens with zero attached hydrogens (tertiary/aromatic N) is 2. The van der Waals surface area contributed by atoms with Crippen LogP contribution in [-0.2, 0) is 19.5 Å². The summed E-state index contributed by atoms with van der Waals surface area (Å²) in [5.41, 5.74) is 6.97. The highest BCUT2D eigenvalue weighted by molar-refractivity contribution is 7.22. The Balaban J connectivity index is 1.28. The van der Waals surface area contributed by atoms with Gasteiger partial charge < -0.3 is 4.74 Å². The molecule has 3 nitrogen and oxygen atoms in total. The van der Waals surface area contributed by atoms with Gasteiger partial charge in [-0.25, -0.2) is 0 Å². The Bertz CT molecular complexity index is 1300. The summed E-state index contributed by atoms with van der Waals surface area (Å²) in [5.74, 6) is 0.925. The summed E-state index contributed by atoms with van der Waals surface area (Å²) in [6.45, 7) is 7.11. The zero-order chi connectivity index (χ0) is 24.3. The Labute approximate surface area is 219 Å². The van der Waals surface area contributed by atoms with Crippen molar-refractivity contribution in [3.05, 3.63) is 89.0 Å². The molecular weight excluding hydrogens is 460 g/mol. The molecule has 4 heteroatoms. The molecule has 0 amide bonds. The zero-order valence-corrected chi connectivity index (χ0v) is 22.2. The maximum Gasteiger partial charge on any atom is 0.120 e. The zero-order valence-electron chi connectivity index (χ0n) is 21.3. The molecule has 0 atom stereocenters. The number of rotatable bonds is 8. The van der Waals surface area contributed by atoms with Crippen molar-refractivity contribution in [1.82, 2.24) is 9.80 Å². The largest absolute Gasteiger partial charge is 0.497 e. The average molecular weight is 497 g/mol. The lowest BCUT2D eigenvalue weighted by Crippen LogP contribution is -2.18. The molecule has 2 fully saturated rings. The second kappa shape index (κ2) is 10.8. The van der Waals surface area contributed by atoms with E-state index < -0.39 is 0 Å². The first kappa shape index (κ1) is 23.7. The van der Waals surface area contributed by atoms with Crippen LogP contribution in [0.5, 0.6) is 5.75 Å². The summed E-state index contributed by atoms with van der Waals surface area (Å²) >= 11 is 1.89. The van der Waals surface area contributed by atoms with Crippen LogP contribution in [0.25, 0.3) is 20.5 Å². The molecule has 36 heavy (non-hydrogen) atoms. The molecule has 0 bridgehead atoms. The second-order valence-electron chi connectivity index (χ2n) is 10.4. The molecule has 0 N–H and O–H groups in total. The van der Waals surface area contributed by atoms with E-state index in [1.807, 2.05) is 11.3 Å². The van der Waals surface area contributed by atoms with E-state index in [-0.39, 0.29) is 0 Å². The number of hydrogen-bond donors (Lipinski definition) is 0. The van der Waals surface area contributed by atoms with E-state index >= 15 is 0 Å². The lowest BCUT2D eigenvalue weighted by atomic mass is 9.97. The van der Waals surface area contributed by atoms with Crippen LogP contribution >= 0.6 is 11.3 Å². The van der Waals surface area contributed by atoms with Crippen molar-refractivity contribution < 1.29 is 4.74 Å². The van der Waals surface area contributed by atoms with Crippen molar-refractivity contribution in [3.63, 3.8) is 0 Å². The molecule has 3 aromatic carbocycles.